The molecule has 104 valence electrons. The number of carbonyl (C=O) groups is 1. The van der Waals surface area contributed by atoms with E-state index in [1.165, 1.54) is 18.5 Å². The second-order valence-corrected chi connectivity index (χ2v) is 4.43. The molecule has 6 nitrogen and oxygen atoms in total. The van der Waals surface area contributed by atoms with E-state index < -0.39 is 0 Å². The summed E-state index contributed by atoms with van der Waals surface area (Å²) in [5.74, 6) is -0.370. The number of aromatic hydroxyl groups is 1. The average Bonchev–Trinajstić information content (AvgIpc) is 3.02. The van der Waals surface area contributed by atoms with Crippen molar-refractivity contribution in [1.82, 2.24) is 15.0 Å². The van der Waals surface area contributed by atoms with Gasteiger partial charge in [0, 0.05) is 11.9 Å². The normalized spacial score (nSPS) is 10.3. The molecular formula is C15H12N4O2. The van der Waals surface area contributed by atoms with E-state index in [4.69, 9.17) is 0 Å². The molecule has 0 saturated carbocycles. The van der Waals surface area contributed by atoms with E-state index in [1.807, 2.05) is 12.1 Å². The van der Waals surface area contributed by atoms with Crippen LogP contribution in [0.15, 0.2) is 55.2 Å². The summed E-state index contributed by atoms with van der Waals surface area (Å²) in [6, 6.07) is 8.71. The third-order valence-electron chi connectivity index (χ3n) is 2.94. The van der Waals surface area contributed by atoms with Crippen LogP contribution in [-0.4, -0.2) is 26.0 Å². The van der Waals surface area contributed by atoms with Crippen LogP contribution in [0.3, 0.4) is 0 Å². The van der Waals surface area contributed by atoms with Crippen molar-refractivity contribution in [2.45, 2.75) is 0 Å². The van der Waals surface area contributed by atoms with Gasteiger partial charge in [-0.25, -0.2) is 4.98 Å². The van der Waals surface area contributed by atoms with E-state index in [2.05, 4.69) is 20.3 Å². The van der Waals surface area contributed by atoms with Gasteiger partial charge in [-0.1, -0.05) is 12.1 Å². The molecule has 0 aliphatic carbocycles. The Kier molecular flexibility index (Phi) is 3.34. The Bertz CT molecular complexity index is 752. The number of benzene rings is 1. The summed E-state index contributed by atoms with van der Waals surface area (Å²) in [5.41, 5.74) is 2.84. The minimum Gasteiger partial charge on any atom is -0.506 e. The molecule has 3 aromatic rings. The summed E-state index contributed by atoms with van der Waals surface area (Å²) in [4.78, 5) is 22.7. The number of amides is 1. The molecule has 21 heavy (non-hydrogen) atoms. The molecule has 2 aromatic heterocycles. The molecule has 6 heteroatoms. The van der Waals surface area contributed by atoms with Crippen LogP contribution in [0, 0.1) is 0 Å². The van der Waals surface area contributed by atoms with E-state index >= 15 is 0 Å². The summed E-state index contributed by atoms with van der Waals surface area (Å²) in [5, 5.41) is 12.1. The predicted molar refractivity (Wildman–Crippen MR) is 77.9 cm³/mol. The number of anilines is 1. The van der Waals surface area contributed by atoms with E-state index in [0.29, 0.717) is 11.3 Å². The maximum atomic E-state index is 12.0. The monoisotopic (exact) mass is 280 g/mol. The molecule has 0 radical (unpaired) electrons. The van der Waals surface area contributed by atoms with Crippen LogP contribution in [0.4, 0.5) is 5.69 Å². The number of aromatic nitrogens is 3. The Balaban J connectivity index is 1.75. The summed E-state index contributed by atoms with van der Waals surface area (Å²) >= 11 is 0. The van der Waals surface area contributed by atoms with Gasteiger partial charge in [-0.15, -0.1) is 0 Å². The highest BCUT2D eigenvalue weighted by molar-refractivity contribution is 6.04. The number of rotatable bonds is 3. The molecule has 1 amide bonds. The lowest BCUT2D eigenvalue weighted by molar-refractivity contribution is 0.102. The van der Waals surface area contributed by atoms with Gasteiger partial charge in [-0.3, -0.25) is 9.78 Å². The number of carbonyl (C=O) groups excluding carboxylic acids is 1. The van der Waals surface area contributed by atoms with Gasteiger partial charge in [0.05, 0.1) is 30.0 Å². The van der Waals surface area contributed by atoms with Crippen LogP contribution in [0.5, 0.6) is 5.75 Å². The van der Waals surface area contributed by atoms with Crippen molar-refractivity contribution in [3.8, 4) is 17.0 Å². The maximum absolute atomic E-state index is 12.0. The molecule has 0 saturated heterocycles. The van der Waals surface area contributed by atoms with Gasteiger partial charge in [-0.2, -0.15) is 0 Å². The lowest BCUT2D eigenvalue weighted by Gasteiger charge is -2.06. The van der Waals surface area contributed by atoms with Crippen molar-refractivity contribution in [2.24, 2.45) is 0 Å². The standard InChI is InChI=1S/C15H12N4O2/c20-13-5-11(6-16-7-13)15(21)19-12-3-1-10(2-4-12)14-8-17-9-18-14/h1-9,20H,(H,17,18)(H,19,21). The summed E-state index contributed by atoms with van der Waals surface area (Å²) < 4.78 is 0. The minimum absolute atomic E-state index is 0.0442. The Morgan fingerprint density at radius 2 is 1.90 bits per heavy atom. The zero-order valence-corrected chi connectivity index (χ0v) is 10.9. The highest BCUT2D eigenvalue weighted by Gasteiger charge is 2.07. The highest BCUT2D eigenvalue weighted by Crippen LogP contribution is 2.19. The average molecular weight is 280 g/mol. The zero-order chi connectivity index (χ0) is 14.7. The van der Waals surface area contributed by atoms with Crippen LogP contribution in [-0.2, 0) is 0 Å². The van der Waals surface area contributed by atoms with Crippen molar-refractivity contribution in [3.05, 3.63) is 60.8 Å². The largest absolute Gasteiger partial charge is 0.506 e. The highest BCUT2D eigenvalue weighted by atomic mass is 16.3. The fraction of sp³-hybridized carbons (Fsp3) is 0. The van der Waals surface area contributed by atoms with Gasteiger partial charge < -0.3 is 15.4 Å². The van der Waals surface area contributed by atoms with Crippen LogP contribution in [0.1, 0.15) is 10.4 Å². The van der Waals surface area contributed by atoms with Crippen molar-refractivity contribution in [2.75, 3.05) is 5.32 Å². The van der Waals surface area contributed by atoms with E-state index in [0.717, 1.165) is 11.3 Å². The first-order chi connectivity index (χ1) is 10.2. The number of H-pyrrole nitrogens is 1. The molecule has 3 N–H and O–H groups in total. The first kappa shape index (κ1) is 12.9. The zero-order valence-electron chi connectivity index (χ0n) is 10.9. The molecule has 3 rings (SSSR count). The smallest absolute Gasteiger partial charge is 0.257 e. The molecule has 0 fully saturated rings. The SMILES string of the molecule is O=C(Nc1ccc(-c2cnc[nH]2)cc1)c1cncc(O)c1. The van der Waals surface area contributed by atoms with Crippen molar-refractivity contribution in [1.29, 1.82) is 0 Å². The first-order valence-corrected chi connectivity index (χ1v) is 6.26. The Labute approximate surface area is 120 Å². The quantitative estimate of drug-likeness (QED) is 0.687. The Morgan fingerprint density at radius 1 is 1.10 bits per heavy atom. The number of pyridine rings is 1. The van der Waals surface area contributed by atoms with Gasteiger partial charge in [-0.05, 0) is 23.8 Å². The first-order valence-electron chi connectivity index (χ1n) is 6.26. The third-order valence-corrected chi connectivity index (χ3v) is 2.94. The third kappa shape index (κ3) is 2.89. The number of nitrogens with one attached hydrogen (secondary N) is 2. The van der Waals surface area contributed by atoms with Gasteiger partial charge >= 0.3 is 0 Å². The molecule has 0 aliphatic heterocycles. The van der Waals surface area contributed by atoms with Crippen LogP contribution < -0.4 is 5.32 Å². The van der Waals surface area contributed by atoms with E-state index in [1.54, 1.807) is 24.7 Å². The Hall–Kier alpha value is -3.15. The molecule has 0 unspecified atom stereocenters. The molecule has 0 spiro atoms. The molecule has 0 bridgehead atoms. The number of nitrogens with zero attached hydrogens (tertiary/aromatic N) is 2. The Morgan fingerprint density at radius 3 is 2.57 bits per heavy atom. The molecule has 2 heterocycles. The van der Waals surface area contributed by atoms with Crippen molar-refractivity contribution >= 4 is 11.6 Å². The summed E-state index contributed by atoms with van der Waals surface area (Å²) in [7, 11) is 0. The van der Waals surface area contributed by atoms with Gasteiger partial charge in [0.2, 0.25) is 0 Å². The lowest BCUT2D eigenvalue weighted by Crippen LogP contribution is -2.11. The second kappa shape index (κ2) is 5.46. The molecule has 0 aliphatic rings. The number of aromatic amines is 1. The molecular weight excluding hydrogens is 268 g/mol. The molecule has 0 atom stereocenters. The minimum atomic E-state index is -0.326. The molecule has 1 aromatic carbocycles. The fourth-order valence-electron chi connectivity index (χ4n) is 1.90. The lowest BCUT2D eigenvalue weighted by atomic mass is 10.1. The topological polar surface area (TPSA) is 90.9 Å². The second-order valence-electron chi connectivity index (χ2n) is 4.43. The fourth-order valence-corrected chi connectivity index (χ4v) is 1.90. The van der Waals surface area contributed by atoms with Crippen molar-refractivity contribution in [3.63, 3.8) is 0 Å². The maximum Gasteiger partial charge on any atom is 0.257 e. The van der Waals surface area contributed by atoms with E-state index in [9.17, 15) is 9.90 Å². The summed E-state index contributed by atoms with van der Waals surface area (Å²) in [6.07, 6.45) is 6.01. The van der Waals surface area contributed by atoms with Crippen LogP contribution >= 0.6 is 0 Å². The number of hydrogen-bond donors (Lipinski definition) is 3. The van der Waals surface area contributed by atoms with Crippen LogP contribution in [0.25, 0.3) is 11.3 Å². The predicted octanol–water partition coefficient (Wildman–Crippen LogP) is 2.43. The number of imidazole rings is 1. The van der Waals surface area contributed by atoms with E-state index in [-0.39, 0.29) is 11.7 Å². The van der Waals surface area contributed by atoms with Crippen molar-refractivity contribution < 1.29 is 9.90 Å². The van der Waals surface area contributed by atoms with Crippen LogP contribution in [0.2, 0.25) is 0 Å². The van der Waals surface area contributed by atoms with Gasteiger partial charge in [0.1, 0.15) is 5.75 Å². The number of hydrogen-bond acceptors (Lipinski definition) is 4. The summed E-state index contributed by atoms with van der Waals surface area (Å²) in [6.45, 7) is 0. The van der Waals surface area contributed by atoms with Gasteiger partial charge in [0.15, 0.2) is 0 Å². The van der Waals surface area contributed by atoms with Gasteiger partial charge in [0.25, 0.3) is 5.91 Å².